The van der Waals surface area contributed by atoms with Crippen molar-refractivity contribution in [3.8, 4) is 0 Å². The Morgan fingerprint density at radius 3 is 2.38 bits per heavy atom. The maximum absolute atomic E-state index is 13.6. The second-order valence-electron chi connectivity index (χ2n) is 5.02. The number of aliphatic hydroxyl groups is 1. The SMILES string of the molecule is CN(CCc1ccncc1)C[C@@H](O)c1c(F)cccc1F. The Morgan fingerprint density at radius 2 is 1.76 bits per heavy atom. The molecule has 2 rings (SSSR count). The van der Waals surface area contributed by atoms with Crippen molar-refractivity contribution in [2.24, 2.45) is 0 Å². The first kappa shape index (κ1) is 15.5. The Bertz CT molecular complexity index is 557. The van der Waals surface area contributed by atoms with Gasteiger partial charge in [0.25, 0.3) is 0 Å². The van der Waals surface area contributed by atoms with Crippen LogP contribution in [0.4, 0.5) is 8.78 Å². The lowest BCUT2D eigenvalue weighted by atomic mass is 10.1. The number of aromatic nitrogens is 1. The number of hydrogen-bond acceptors (Lipinski definition) is 3. The highest BCUT2D eigenvalue weighted by Gasteiger charge is 2.19. The molecule has 112 valence electrons. The van der Waals surface area contributed by atoms with Gasteiger partial charge in [-0.05, 0) is 43.3 Å². The third-order valence-corrected chi connectivity index (χ3v) is 3.35. The van der Waals surface area contributed by atoms with Crippen molar-refractivity contribution >= 4 is 0 Å². The van der Waals surface area contributed by atoms with Crippen LogP contribution in [-0.4, -0.2) is 35.1 Å². The fourth-order valence-electron chi connectivity index (χ4n) is 2.18. The van der Waals surface area contributed by atoms with Crippen molar-refractivity contribution < 1.29 is 13.9 Å². The number of pyridine rings is 1. The molecule has 5 heteroatoms. The lowest BCUT2D eigenvalue weighted by molar-refractivity contribution is 0.120. The van der Waals surface area contributed by atoms with Gasteiger partial charge in [0.1, 0.15) is 11.6 Å². The number of hydrogen-bond donors (Lipinski definition) is 1. The Morgan fingerprint density at radius 1 is 1.14 bits per heavy atom. The summed E-state index contributed by atoms with van der Waals surface area (Å²) in [4.78, 5) is 5.79. The molecule has 0 radical (unpaired) electrons. The van der Waals surface area contributed by atoms with E-state index in [0.717, 1.165) is 24.1 Å². The van der Waals surface area contributed by atoms with Crippen LogP contribution in [0.15, 0.2) is 42.7 Å². The van der Waals surface area contributed by atoms with Crippen molar-refractivity contribution in [1.29, 1.82) is 0 Å². The highest BCUT2D eigenvalue weighted by Crippen LogP contribution is 2.21. The fraction of sp³-hybridized carbons (Fsp3) is 0.312. The summed E-state index contributed by atoms with van der Waals surface area (Å²) in [5, 5.41) is 10.0. The summed E-state index contributed by atoms with van der Waals surface area (Å²) in [7, 11) is 1.81. The largest absolute Gasteiger partial charge is 0.387 e. The first-order chi connectivity index (χ1) is 10.1. The van der Waals surface area contributed by atoms with Crippen LogP contribution in [0.3, 0.4) is 0 Å². The molecule has 0 aliphatic heterocycles. The number of aliphatic hydroxyl groups excluding tert-OH is 1. The minimum atomic E-state index is -1.19. The predicted octanol–water partition coefficient (Wildman–Crippen LogP) is 2.57. The van der Waals surface area contributed by atoms with Gasteiger partial charge in [-0.1, -0.05) is 6.07 Å². The molecule has 0 aliphatic carbocycles. The fourth-order valence-corrected chi connectivity index (χ4v) is 2.18. The molecule has 0 spiro atoms. The average molecular weight is 292 g/mol. The van der Waals surface area contributed by atoms with Crippen LogP contribution >= 0.6 is 0 Å². The molecular weight excluding hydrogens is 274 g/mol. The molecule has 1 N–H and O–H groups in total. The normalized spacial score (nSPS) is 12.6. The van der Waals surface area contributed by atoms with Crippen molar-refractivity contribution in [2.75, 3.05) is 20.1 Å². The van der Waals surface area contributed by atoms with Gasteiger partial charge in [-0.25, -0.2) is 8.78 Å². The lowest BCUT2D eigenvalue weighted by Gasteiger charge is -2.21. The van der Waals surface area contributed by atoms with Gasteiger partial charge in [0.05, 0.1) is 11.7 Å². The molecule has 1 aromatic carbocycles. The van der Waals surface area contributed by atoms with E-state index in [-0.39, 0.29) is 12.1 Å². The number of likely N-dealkylation sites (N-methyl/N-ethyl adjacent to an activating group) is 1. The van der Waals surface area contributed by atoms with Crippen LogP contribution in [-0.2, 0) is 6.42 Å². The molecule has 0 saturated carbocycles. The average Bonchev–Trinajstić information content (AvgIpc) is 2.46. The van der Waals surface area contributed by atoms with Gasteiger partial charge in [0.2, 0.25) is 0 Å². The molecule has 21 heavy (non-hydrogen) atoms. The molecule has 0 saturated heterocycles. The molecule has 0 fully saturated rings. The van der Waals surface area contributed by atoms with Crippen LogP contribution in [0, 0.1) is 11.6 Å². The topological polar surface area (TPSA) is 36.4 Å². The molecule has 0 bridgehead atoms. The summed E-state index contributed by atoms with van der Waals surface area (Å²) >= 11 is 0. The van der Waals surface area contributed by atoms with Crippen molar-refractivity contribution in [3.05, 3.63) is 65.5 Å². The van der Waals surface area contributed by atoms with E-state index in [2.05, 4.69) is 4.98 Å². The highest BCUT2D eigenvalue weighted by atomic mass is 19.1. The summed E-state index contributed by atoms with van der Waals surface area (Å²) < 4.78 is 27.2. The number of nitrogens with zero attached hydrogens (tertiary/aromatic N) is 2. The number of benzene rings is 1. The zero-order valence-electron chi connectivity index (χ0n) is 11.8. The molecule has 1 atom stereocenters. The second kappa shape index (κ2) is 7.24. The van der Waals surface area contributed by atoms with Crippen molar-refractivity contribution in [2.45, 2.75) is 12.5 Å². The van der Waals surface area contributed by atoms with Crippen LogP contribution in [0.5, 0.6) is 0 Å². The van der Waals surface area contributed by atoms with E-state index >= 15 is 0 Å². The third-order valence-electron chi connectivity index (χ3n) is 3.35. The first-order valence-corrected chi connectivity index (χ1v) is 6.77. The zero-order chi connectivity index (χ0) is 15.2. The molecule has 2 aromatic rings. The van der Waals surface area contributed by atoms with Crippen LogP contribution < -0.4 is 0 Å². The molecule has 0 aliphatic rings. The summed E-state index contributed by atoms with van der Waals surface area (Å²) in [6.07, 6.45) is 3.04. The van der Waals surface area contributed by atoms with Crippen LogP contribution in [0.2, 0.25) is 0 Å². The second-order valence-corrected chi connectivity index (χ2v) is 5.02. The monoisotopic (exact) mass is 292 g/mol. The third kappa shape index (κ3) is 4.31. The molecule has 1 heterocycles. The van der Waals surface area contributed by atoms with Crippen molar-refractivity contribution in [1.82, 2.24) is 9.88 Å². The van der Waals surface area contributed by atoms with Crippen LogP contribution in [0.1, 0.15) is 17.2 Å². The van der Waals surface area contributed by atoms with Gasteiger partial charge in [0, 0.05) is 25.5 Å². The van der Waals surface area contributed by atoms with E-state index in [1.165, 1.54) is 6.07 Å². The first-order valence-electron chi connectivity index (χ1n) is 6.77. The lowest BCUT2D eigenvalue weighted by Crippen LogP contribution is -2.27. The maximum Gasteiger partial charge on any atom is 0.131 e. The van der Waals surface area contributed by atoms with Crippen molar-refractivity contribution in [3.63, 3.8) is 0 Å². The zero-order valence-corrected chi connectivity index (χ0v) is 11.8. The molecule has 0 amide bonds. The Labute approximate surface area is 122 Å². The van der Waals surface area contributed by atoms with E-state index < -0.39 is 17.7 Å². The Kier molecular flexibility index (Phi) is 5.36. The standard InChI is InChI=1S/C16H18F2N2O/c1-20(10-7-12-5-8-19-9-6-12)11-15(21)16-13(17)3-2-4-14(16)18/h2-6,8-9,15,21H,7,10-11H2,1H3/t15-/m1/s1. The van der Waals surface area contributed by atoms with Crippen LogP contribution in [0.25, 0.3) is 0 Å². The smallest absolute Gasteiger partial charge is 0.131 e. The Hall–Kier alpha value is -1.85. The van der Waals surface area contributed by atoms with E-state index in [4.69, 9.17) is 0 Å². The molecule has 1 aromatic heterocycles. The van der Waals surface area contributed by atoms with E-state index in [1.54, 1.807) is 12.4 Å². The number of halogens is 2. The van der Waals surface area contributed by atoms with Gasteiger partial charge >= 0.3 is 0 Å². The number of rotatable bonds is 6. The van der Waals surface area contributed by atoms with Gasteiger partial charge in [0.15, 0.2) is 0 Å². The van der Waals surface area contributed by atoms with E-state index in [1.807, 2.05) is 24.1 Å². The highest BCUT2D eigenvalue weighted by molar-refractivity contribution is 5.22. The van der Waals surface area contributed by atoms with Gasteiger partial charge < -0.3 is 10.0 Å². The minimum absolute atomic E-state index is 0.170. The van der Waals surface area contributed by atoms with Gasteiger partial charge in [-0.15, -0.1) is 0 Å². The summed E-state index contributed by atoms with van der Waals surface area (Å²) in [5.41, 5.74) is 0.858. The molecular formula is C16H18F2N2O. The quantitative estimate of drug-likeness (QED) is 0.889. The van der Waals surface area contributed by atoms with Gasteiger partial charge in [-0.3, -0.25) is 4.98 Å². The summed E-state index contributed by atoms with van der Waals surface area (Å²) in [5.74, 6) is -1.44. The Balaban J connectivity index is 1.91. The maximum atomic E-state index is 13.6. The molecule has 0 unspecified atom stereocenters. The summed E-state index contributed by atoms with van der Waals surface area (Å²) in [6.45, 7) is 0.847. The minimum Gasteiger partial charge on any atom is -0.387 e. The predicted molar refractivity (Wildman–Crippen MR) is 76.8 cm³/mol. The van der Waals surface area contributed by atoms with E-state index in [0.29, 0.717) is 6.54 Å². The summed E-state index contributed by atoms with van der Waals surface area (Å²) in [6, 6.07) is 7.42. The van der Waals surface area contributed by atoms with E-state index in [9.17, 15) is 13.9 Å². The molecule has 3 nitrogen and oxygen atoms in total. The van der Waals surface area contributed by atoms with Gasteiger partial charge in [-0.2, -0.15) is 0 Å².